The van der Waals surface area contributed by atoms with Crippen LogP contribution in [-0.2, 0) is 22.7 Å². The maximum absolute atomic E-state index is 12.8. The van der Waals surface area contributed by atoms with E-state index in [0.29, 0.717) is 36.5 Å². The lowest BCUT2D eigenvalue weighted by atomic mass is 10.1. The number of hydrogen-bond donors (Lipinski definition) is 3. The number of benzene rings is 1. The van der Waals surface area contributed by atoms with Crippen LogP contribution in [-0.4, -0.2) is 38.6 Å². The first-order valence-electron chi connectivity index (χ1n) is 13.0. The van der Waals surface area contributed by atoms with Crippen molar-refractivity contribution in [1.82, 2.24) is 14.4 Å². The van der Waals surface area contributed by atoms with Gasteiger partial charge in [0.2, 0.25) is 5.91 Å². The summed E-state index contributed by atoms with van der Waals surface area (Å²) in [5.74, 6) is 1.23. The second-order valence-electron chi connectivity index (χ2n) is 10.1. The van der Waals surface area contributed by atoms with Crippen molar-refractivity contribution in [2.24, 2.45) is 5.92 Å². The minimum Gasteiger partial charge on any atom is -0.394 e. The van der Waals surface area contributed by atoms with E-state index in [9.17, 15) is 4.79 Å². The number of nitrogens with zero attached hydrogens (tertiary/aromatic N) is 3. The van der Waals surface area contributed by atoms with Crippen molar-refractivity contribution in [2.75, 3.05) is 23.8 Å². The summed E-state index contributed by atoms with van der Waals surface area (Å²) >= 11 is 6.11. The number of ether oxygens (including phenoxy) is 1. The number of amides is 1. The third kappa shape index (κ3) is 5.67. The van der Waals surface area contributed by atoms with E-state index in [4.69, 9.17) is 26.4 Å². The maximum atomic E-state index is 12.8. The van der Waals surface area contributed by atoms with Crippen LogP contribution in [0.15, 0.2) is 61.1 Å². The van der Waals surface area contributed by atoms with E-state index >= 15 is 0 Å². The molecule has 0 unspecified atom stereocenters. The number of nitrogens with one attached hydrogen (secondary N) is 2. The fraction of sp³-hybridized carbons (Fsp3) is 0.345. The maximum Gasteiger partial charge on any atom is 0.229 e. The molecule has 6 rings (SSSR count). The van der Waals surface area contributed by atoms with Gasteiger partial charge < -0.3 is 24.9 Å². The number of hydrogen-bond acceptors (Lipinski definition) is 6. The predicted octanol–water partition coefficient (Wildman–Crippen LogP) is 5.12. The molecule has 3 N–H and O–H groups in total. The van der Waals surface area contributed by atoms with Crippen LogP contribution >= 0.6 is 11.6 Å². The molecule has 3 aromatic heterocycles. The van der Waals surface area contributed by atoms with Crippen molar-refractivity contribution in [3.8, 4) is 0 Å². The summed E-state index contributed by atoms with van der Waals surface area (Å²) in [4.78, 5) is 22.0. The summed E-state index contributed by atoms with van der Waals surface area (Å²) in [5, 5.41) is 16.1. The molecule has 196 valence electrons. The number of anilines is 2. The molecule has 2 atom stereocenters. The van der Waals surface area contributed by atoms with Crippen molar-refractivity contribution in [1.29, 1.82) is 0 Å². The molecular weight excluding hydrogens is 502 g/mol. The Bertz CT molecular complexity index is 1470. The van der Waals surface area contributed by atoms with Gasteiger partial charge in [0.1, 0.15) is 11.5 Å². The lowest BCUT2D eigenvalue weighted by Gasteiger charge is -2.08. The Balaban J connectivity index is 1.10. The summed E-state index contributed by atoms with van der Waals surface area (Å²) in [6.07, 6.45) is 9.13. The van der Waals surface area contributed by atoms with Crippen LogP contribution in [0.3, 0.4) is 0 Å². The monoisotopic (exact) mass is 531 g/mol. The number of fused-ring (bicyclic) bond motifs is 1. The molecule has 0 bridgehead atoms. The highest BCUT2D eigenvalue weighted by Crippen LogP contribution is 2.48. The molecule has 0 aliphatic heterocycles. The van der Waals surface area contributed by atoms with Gasteiger partial charge in [-0.1, -0.05) is 23.7 Å². The molecule has 1 amide bonds. The normalized spacial score (nSPS) is 18.5. The molecular formula is C29H30ClN5O3. The van der Waals surface area contributed by atoms with Crippen LogP contribution < -0.4 is 10.6 Å². The number of aliphatic hydroxyl groups is 1. The van der Waals surface area contributed by atoms with Crippen molar-refractivity contribution in [3.05, 3.63) is 88.5 Å². The molecule has 2 fully saturated rings. The molecule has 3 heterocycles. The van der Waals surface area contributed by atoms with Gasteiger partial charge in [-0.2, -0.15) is 0 Å². The number of imidazole rings is 1. The van der Waals surface area contributed by atoms with Gasteiger partial charge in [-0.15, -0.1) is 0 Å². The SMILES string of the molecule is O=C(Nc1cc(NCc2cn3cc(C4CC4)cc(COCCO)c3n2)ccn1)[C@H]1C[C@@H]1c1cccc(Cl)c1. The molecule has 8 nitrogen and oxygen atoms in total. The van der Waals surface area contributed by atoms with Crippen LogP contribution in [0.4, 0.5) is 11.5 Å². The molecule has 38 heavy (non-hydrogen) atoms. The summed E-state index contributed by atoms with van der Waals surface area (Å²) in [7, 11) is 0. The largest absolute Gasteiger partial charge is 0.394 e. The first kappa shape index (κ1) is 24.9. The quantitative estimate of drug-likeness (QED) is 0.232. The topological polar surface area (TPSA) is 101 Å². The lowest BCUT2D eigenvalue weighted by molar-refractivity contribution is -0.117. The van der Waals surface area contributed by atoms with E-state index in [2.05, 4.69) is 32.3 Å². The number of rotatable bonds is 11. The van der Waals surface area contributed by atoms with E-state index in [1.807, 2.05) is 42.6 Å². The van der Waals surface area contributed by atoms with E-state index in [-0.39, 0.29) is 24.3 Å². The number of aliphatic hydroxyl groups excluding tert-OH is 1. The second kappa shape index (κ2) is 10.7. The zero-order valence-electron chi connectivity index (χ0n) is 20.9. The molecule has 0 saturated heterocycles. The number of carbonyl (C=O) groups excluding carboxylic acids is 1. The zero-order chi connectivity index (χ0) is 26.1. The molecule has 1 aromatic carbocycles. The molecule has 2 aliphatic rings. The first-order valence-corrected chi connectivity index (χ1v) is 13.4. The van der Waals surface area contributed by atoms with Crippen LogP contribution in [0, 0.1) is 5.92 Å². The van der Waals surface area contributed by atoms with Gasteiger partial charge in [0.05, 0.1) is 32.1 Å². The minimum absolute atomic E-state index is 0.000275. The number of halogens is 1. The van der Waals surface area contributed by atoms with E-state index in [1.54, 1.807) is 6.20 Å². The zero-order valence-corrected chi connectivity index (χ0v) is 21.7. The number of pyridine rings is 2. The van der Waals surface area contributed by atoms with Gasteiger partial charge in [0.15, 0.2) is 0 Å². The predicted molar refractivity (Wildman–Crippen MR) is 146 cm³/mol. The van der Waals surface area contributed by atoms with Gasteiger partial charge in [0.25, 0.3) is 0 Å². The Morgan fingerprint density at radius 3 is 2.87 bits per heavy atom. The molecule has 2 saturated carbocycles. The molecule has 2 aliphatic carbocycles. The highest BCUT2D eigenvalue weighted by Gasteiger charge is 2.44. The Morgan fingerprint density at radius 1 is 1.16 bits per heavy atom. The summed E-state index contributed by atoms with van der Waals surface area (Å²) in [5.41, 5.74) is 6.04. The van der Waals surface area contributed by atoms with Crippen LogP contribution in [0.1, 0.15) is 53.5 Å². The standard InChI is InChI=1S/C29H30ClN5O3/c30-22-3-1-2-19(11-22)25-13-26(25)29(37)34-27-12-23(6-7-31-27)32-14-24-16-35-15-20(18-4-5-18)10-21(28(35)33-24)17-38-9-8-36/h1-3,6-7,10-12,15-16,18,25-26,36H,4-5,8-9,13-14,17H2,(H2,31,32,34,37)/t25-,26+/m1/s1. The highest BCUT2D eigenvalue weighted by molar-refractivity contribution is 6.30. The third-order valence-corrected chi connectivity index (χ3v) is 7.36. The van der Waals surface area contributed by atoms with E-state index < -0.39 is 0 Å². The fourth-order valence-corrected chi connectivity index (χ4v) is 5.13. The Morgan fingerprint density at radius 2 is 2.05 bits per heavy atom. The van der Waals surface area contributed by atoms with E-state index in [0.717, 1.165) is 34.6 Å². The van der Waals surface area contributed by atoms with Gasteiger partial charge in [-0.25, -0.2) is 9.97 Å². The molecule has 4 aromatic rings. The van der Waals surface area contributed by atoms with Crippen molar-refractivity contribution in [2.45, 2.75) is 44.2 Å². The summed E-state index contributed by atoms with van der Waals surface area (Å²) in [6.45, 7) is 1.24. The van der Waals surface area contributed by atoms with E-state index in [1.165, 1.54) is 18.4 Å². The van der Waals surface area contributed by atoms with Gasteiger partial charge in [-0.05, 0) is 66.5 Å². The lowest BCUT2D eigenvalue weighted by Crippen LogP contribution is -2.15. The van der Waals surface area contributed by atoms with Gasteiger partial charge >= 0.3 is 0 Å². The molecule has 0 radical (unpaired) electrons. The van der Waals surface area contributed by atoms with Gasteiger partial charge in [-0.3, -0.25) is 4.79 Å². The second-order valence-corrected chi connectivity index (χ2v) is 10.5. The van der Waals surface area contributed by atoms with Crippen LogP contribution in [0.25, 0.3) is 5.65 Å². The van der Waals surface area contributed by atoms with Crippen molar-refractivity contribution >= 4 is 34.7 Å². The Kier molecular flexibility index (Phi) is 7.02. The number of aromatic nitrogens is 3. The van der Waals surface area contributed by atoms with Crippen LogP contribution in [0.5, 0.6) is 0 Å². The summed E-state index contributed by atoms with van der Waals surface area (Å²) < 4.78 is 7.68. The first-order chi connectivity index (χ1) is 18.6. The average Bonchev–Trinajstić information content (AvgIpc) is 3.84. The average molecular weight is 532 g/mol. The third-order valence-electron chi connectivity index (χ3n) is 7.13. The Hall–Kier alpha value is -3.46. The molecule has 0 spiro atoms. The Labute approximate surface area is 226 Å². The fourth-order valence-electron chi connectivity index (χ4n) is 4.93. The minimum atomic E-state index is -0.0686. The van der Waals surface area contributed by atoms with Crippen LogP contribution in [0.2, 0.25) is 5.02 Å². The van der Waals surface area contributed by atoms with Crippen molar-refractivity contribution < 1.29 is 14.6 Å². The molecule has 9 heteroatoms. The van der Waals surface area contributed by atoms with Crippen molar-refractivity contribution in [3.63, 3.8) is 0 Å². The number of carbonyl (C=O) groups is 1. The summed E-state index contributed by atoms with van der Waals surface area (Å²) in [6, 6.07) is 13.6. The van der Waals surface area contributed by atoms with Gasteiger partial charge in [0, 0.05) is 46.8 Å². The highest BCUT2D eigenvalue weighted by atomic mass is 35.5. The smallest absolute Gasteiger partial charge is 0.229 e.